The quantitative estimate of drug-likeness (QED) is 0.213. The smallest absolute Gasteiger partial charge is 0.323 e. The van der Waals surface area contributed by atoms with Crippen LogP contribution in [0.4, 0.5) is 0 Å². The largest absolute Gasteiger partial charge is 0.458 e. The zero-order valence-corrected chi connectivity index (χ0v) is 22.4. The van der Waals surface area contributed by atoms with Crippen molar-refractivity contribution in [2.75, 3.05) is 0 Å². The molecule has 0 saturated heterocycles. The maximum atomic E-state index is 12.4. The van der Waals surface area contributed by atoms with E-state index in [2.05, 4.69) is 32.5 Å². The number of H-pyrrole nitrogens is 1. The number of nitrogens with two attached hydrogens (primary N) is 2. The summed E-state index contributed by atoms with van der Waals surface area (Å²) in [5, 5.41) is 14.7. The lowest BCUT2D eigenvalue weighted by Crippen LogP contribution is -2.33. The number of ether oxygens (including phenoxy) is 1. The Balaban J connectivity index is 1.54. The number of tetrazole rings is 1. The van der Waals surface area contributed by atoms with Gasteiger partial charge in [0.05, 0.1) is 5.69 Å². The molecule has 4 aromatic rings. The van der Waals surface area contributed by atoms with Gasteiger partial charge in [0.25, 0.3) is 0 Å². The van der Waals surface area contributed by atoms with Gasteiger partial charge in [0, 0.05) is 24.9 Å². The monoisotopic (exact) mass is 550 g/mol. The van der Waals surface area contributed by atoms with Crippen LogP contribution >= 0.6 is 11.6 Å². The van der Waals surface area contributed by atoms with Gasteiger partial charge in [-0.2, -0.15) is 5.21 Å². The molecule has 2 aromatic carbocycles. The molecule has 0 unspecified atom stereocenters. The van der Waals surface area contributed by atoms with Crippen LogP contribution in [-0.4, -0.2) is 48.1 Å². The third-order valence-corrected chi connectivity index (χ3v) is 6.63. The SMILES string of the molecule is CCCCc1nc(Cl)c(COC(=O)[C@H](N)CCC(N)=O)n1Cc1ccc(-c2ccccc2-c2nn[nH]n2)cc1. The van der Waals surface area contributed by atoms with E-state index in [-0.39, 0.29) is 24.6 Å². The third-order valence-electron chi connectivity index (χ3n) is 6.33. The molecule has 0 aliphatic rings. The van der Waals surface area contributed by atoms with E-state index in [1.165, 1.54) is 0 Å². The second kappa shape index (κ2) is 13.1. The Labute approximate surface area is 230 Å². The molecule has 204 valence electrons. The predicted molar refractivity (Wildman–Crippen MR) is 146 cm³/mol. The topological polar surface area (TPSA) is 168 Å². The van der Waals surface area contributed by atoms with E-state index in [9.17, 15) is 9.59 Å². The molecule has 0 aliphatic heterocycles. The fourth-order valence-corrected chi connectivity index (χ4v) is 4.45. The Kier molecular flexibility index (Phi) is 9.40. The van der Waals surface area contributed by atoms with Gasteiger partial charge >= 0.3 is 5.97 Å². The van der Waals surface area contributed by atoms with Crippen molar-refractivity contribution in [1.82, 2.24) is 30.2 Å². The summed E-state index contributed by atoms with van der Waals surface area (Å²) in [5.41, 5.74) is 15.5. The van der Waals surface area contributed by atoms with Crippen LogP contribution in [0, 0.1) is 0 Å². The number of imidazole rings is 1. The van der Waals surface area contributed by atoms with Crippen molar-refractivity contribution in [3.63, 3.8) is 0 Å². The highest BCUT2D eigenvalue weighted by Crippen LogP contribution is 2.30. The molecule has 0 bridgehead atoms. The Hall–Kier alpha value is -4.09. The molecule has 2 heterocycles. The molecule has 1 amide bonds. The number of aryl methyl sites for hydroxylation is 1. The highest BCUT2D eigenvalue weighted by Gasteiger charge is 2.21. The van der Waals surface area contributed by atoms with E-state index < -0.39 is 17.9 Å². The summed E-state index contributed by atoms with van der Waals surface area (Å²) in [6.45, 7) is 2.51. The summed E-state index contributed by atoms with van der Waals surface area (Å²) in [4.78, 5) is 27.9. The number of halogens is 1. The Morgan fingerprint density at radius 2 is 1.87 bits per heavy atom. The molecule has 4 rings (SSSR count). The van der Waals surface area contributed by atoms with E-state index in [1.807, 2.05) is 53.1 Å². The zero-order valence-electron chi connectivity index (χ0n) is 21.6. The lowest BCUT2D eigenvalue weighted by atomic mass is 9.98. The minimum Gasteiger partial charge on any atom is -0.458 e. The summed E-state index contributed by atoms with van der Waals surface area (Å²) in [7, 11) is 0. The molecule has 1 atom stereocenters. The number of hydrogen-bond donors (Lipinski definition) is 3. The van der Waals surface area contributed by atoms with Gasteiger partial charge in [0.15, 0.2) is 5.15 Å². The fraction of sp³-hybridized carbons (Fsp3) is 0.333. The Morgan fingerprint density at radius 3 is 2.54 bits per heavy atom. The first-order chi connectivity index (χ1) is 18.9. The van der Waals surface area contributed by atoms with Crippen LogP contribution in [0.3, 0.4) is 0 Å². The molecular weight excluding hydrogens is 520 g/mol. The van der Waals surface area contributed by atoms with E-state index in [0.29, 0.717) is 18.1 Å². The molecule has 0 aliphatic carbocycles. The predicted octanol–water partition coefficient (Wildman–Crippen LogP) is 3.41. The number of esters is 1. The minimum atomic E-state index is -0.949. The second-order valence-corrected chi connectivity index (χ2v) is 9.51. The average Bonchev–Trinajstić information content (AvgIpc) is 3.58. The maximum absolute atomic E-state index is 12.4. The molecular formula is C27H31ClN8O3. The van der Waals surface area contributed by atoms with Crippen LogP contribution in [0.2, 0.25) is 5.15 Å². The van der Waals surface area contributed by atoms with Crippen molar-refractivity contribution in [3.05, 3.63) is 70.8 Å². The van der Waals surface area contributed by atoms with Gasteiger partial charge in [0.2, 0.25) is 11.7 Å². The van der Waals surface area contributed by atoms with Gasteiger partial charge in [-0.25, -0.2) is 4.98 Å². The third kappa shape index (κ3) is 7.06. The van der Waals surface area contributed by atoms with Gasteiger partial charge in [-0.15, -0.1) is 10.2 Å². The number of aromatic nitrogens is 6. The standard InChI is InChI=1S/C27H31ClN8O3/c1-2-3-8-24-31-25(28)22(16-39-27(38)21(29)13-14-23(30)37)36(24)15-17-9-11-18(12-10-17)19-6-4-5-7-20(19)26-32-34-35-33-26/h4-7,9-12,21H,2-3,8,13-16,29H2,1H3,(H2,30,37)(H,32,33,34,35)/t21-/m1/s1. The number of rotatable bonds is 13. The van der Waals surface area contributed by atoms with Crippen LogP contribution in [0.5, 0.6) is 0 Å². The van der Waals surface area contributed by atoms with Crippen LogP contribution in [0.1, 0.15) is 49.7 Å². The Bertz CT molecular complexity index is 1400. The lowest BCUT2D eigenvalue weighted by Gasteiger charge is -2.15. The Morgan fingerprint density at radius 1 is 1.13 bits per heavy atom. The van der Waals surface area contributed by atoms with Crippen molar-refractivity contribution in [2.45, 2.75) is 58.2 Å². The van der Waals surface area contributed by atoms with E-state index >= 15 is 0 Å². The van der Waals surface area contributed by atoms with Crippen LogP contribution in [0.15, 0.2) is 48.5 Å². The summed E-state index contributed by atoms with van der Waals surface area (Å²) < 4.78 is 7.43. The summed E-state index contributed by atoms with van der Waals surface area (Å²) in [6.07, 6.45) is 2.80. The summed E-state index contributed by atoms with van der Waals surface area (Å²) in [5.74, 6) is 0.193. The van der Waals surface area contributed by atoms with Crippen molar-refractivity contribution < 1.29 is 14.3 Å². The maximum Gasteiger partial charge on any atom is 0.323 e. The van der Waals surface area contributed by atoms with Gasteiger partial charge in [0.1, 0.15) is 18.5 Å². The number of nitrogens with zero attached hydrogens (tertiary/aromatic N) is 5. The number of unbranched alkanes of at least 4 members (excludes halogenated alkanes) is 1. The van der Waals surface area contributed by atoms with Crippen molar-refractivity contribution in [2.24, 2.45) is 11.5 Å². The number of carbonyl (C=O) groups is 2. The second-order valence-electron chi connectivity index (χ2n) is 9.15. The van der Waals surface area contributed by atoms with Gasteiger partial charge in [-0.05, 0) is 34.7 Å². The highest BCUT2D eigenvalue weighted by atomic mass is 35.5. The zero-order chi connectivity index (χ0) is 27.8. The number of primary amides is 1. The number of amides is 1. The molecule has 0 spiro atoms. The first-order valence-electron chi connectivity index (χ1n) is 12.7. The minimum absolute atomic E-state index is 0.00565. The van der Waals surface area contributed by atoms with E-state index in [4.69, 9.17) is 27.8 Å². The molecule has 5 N–H and O–H groups in total. The van der Waals surface area contributed by atoms with Gasteiger partial charge in [-0.3, -0.25) is 9.59 Å². The van der Waals surface area contributed by atoms with E-state index in [0.717, 1.165) is 47.3 Å². The van der Waals surface area contributed by atoms with E-state index in [1.54, 1.807) is 0 Å². The first kappa shape index (κ1) is 27.9. The molecule has 12 heteroatoms. The van der Waals surface area contributed by atoms with Crippen LogP contribution < -0.4 is 11.5 Å². The number of hydrogen-bond acceptors (Lipinski definition) is 8. The van der Waals surface area contributed by atoms with Crippen LogP contribution in [0.25, 0.3) is 22.5 Å². The van der Waals surface area contributed by atoms with Gasteiger partial charge in [-0.1, -0.05) is 73.5 Å². The fourth-order valence-electron chi connectivity index (χ4n) is 4.20. The average molecular weight is 551 g/mol. The number of aromatic amines is 1. The summed E-state index contributed by atoms with van der Waals surface area (Å²) >= 11 is 6.50. The van der Waals surface area contributed by atoms with Gasteiger partial charge < -0.3 is 20.8 Å². The van der Waals surface area contributed by atoms with Crippen molar-refractivity contribution >= 4 is 23.5 Å². The molecule has 0 saturated carbocycles. The number of carbonyl (C=O) groups excluding carboxylic acids is 2. The molecule has 39 heavy (non-hydrogen) atoms. The van der Waals surface area contributed by atoms with Crippen molar-refractivity contribution in [1.29, 1.82) is 0 Å². The first-order valence-corrected chi connectivity index (χ1v) is 13.1. The van der Waals surface area contributed by atoms with Crippen molar-refractivity contribution in [3.8, 4) is 22.5 Å². The lowest BCUT2D eigenvalue weighted by molar-refractivity contribution is -0.146. The number of nitrogens with one attached hydrogen (secondary N) is 1. The molecule has 0 fully saturated rings. The molecule has 0 radical (unpaired) electrons. The highest BCUT2D eigenvalue weighted by molar-refractivity contribution is 6.30. The summed E-state index contributed by atoms with van der Waals surface area (Å²) in [6, 6.07) is 15.1. The van der Waals surface area contributed by atoms with Crippen LogP contribution in [-0.2, 0) is 33.9 Å². The normalized spacial score (nSPS) is 11.9. The molecule has 2 aromatic heterocycles. The molecule has 11 nitrogen and oxygen atoms in total. The number of benzene rings is 2.